The predicted molar refractivity (Wildman–Crippen MR) is 72.7 cm³/mol. The molecule has 1 rings (SSSR count). The van der Waals surface area contributed by atoms with Crippen molar-refractivity contribution in [3.8, 4) is 0 Å². The molecule has 0 amide bonds. The maximum absolute atomic E-state index is 11.9. The van der Waals surface area contributed by atoms with Crippen LogP contribution in [0.3, 0.4) is 0 Å². The lowest BCUT2D eigenvalue weighted by Crippen LogP contribution is -2.39. The van der Waals surface area contributed by atoms with Crippen LogP contribution in [-0.2, 0) is 16.8 Å². The quantitative estimate of drug-likeness (QED) is 0.606. The van der Waals surface area contributed by atoms with E-state index in [1.54, 1.807) is 13.1 Å². The Morgan fingerprint density at radius 3 is 2.84 bits per heavy atom. The van der Waals surface area contributed by atoms with Crippen LogP contribution in [0, 0.1) is 0 Å². The highest BCUT2D eigenvalue weighted by molar-refractivity contribution is 7.87. The highest BCUT2D eigenvalue weighted by Gasteiger charge is 2.17. The zero-order valence-electron chi connectivity index (χ0n) is 11.4. The lowest BCUT2D eigenvalue weighted by molar-refractivity contribution is 0.377. The van der Waals surface area contributed by atoms with Gasteiger partial charge in [-0.1, -0.05) is 12.1 Å². The zero-order chi connectivity index (χ0) is 14.1. The molecule has 0 saturated heterocycles. The Labute approximate surface area is 114 Å². The fourth-order valence-electron chi connectivity index (χ4n) is 1.45. The summed E-state index contributed by atoms with van der Waals surface area (Å²) in [6.07, 6.45) is 3.33. The fourth-order valence-corrected chi connectivity index (χ4v) is 2.37. The third kappa shape index (κ3) is 6.15. The van der Waals surface area contributed by atoms with E-state index in [0.29, 0.717) is 12.3 Å². The summed E-state index contributed by atoms with van der Waals surface area (Å²) in [5.41, 5.74) is 0. The predicted octanol–water partition coefficient (Wildman–Crippen LogP) is 0.331. The molecule has 0 bridgehead atoms. The Hall–Kier alpha value is -0.960. The smallest absolute Gasteiger partial charge is 0.279 e. The van der Waals surface area contributed by atoms with Gasteiger partial charge in [0.15, 0.2) is 5.76 Å². The molecule has 0 unspecified atom stereocenters. The summed E-state index contributed by atoms with van der Waals surface area (Å²) in [5, 5.41) is 6.75. The van der Waals surface area contributed by atoms with Gasteiger partial charge in [0.25, 0.3) is 10.2 Å². The molecule has 19 heavy (non-hydrogen) atoms. The molecule has 0 atom stereocenters. The van der Waals surface area contributed by atoms with Crippen molar-refractivity contribution in [2.45, 2.75) is 26.3 Å². The highest BCUT2D eigenvalue weighted by Crippen LogP contribution is 2.00. The molecular formula is C11H22N4O3S. The van der Waals surface area contributed by atoms with E-state index < -0.39 is 10.2 Å². The lowest BCUT2D eigenvalue weighted by atomic mass is 10.4. The minimum atomic E-state index is -3.46. The van der Waals surface area contributed by atoms with Gasteiger partial charge in [-0.05, 0) is 25.9 Å². The molecule has 7 nitrogen and oxygen atoms in total. The topological polar surface area (TPSA) is 87.5 Å². The highest BCUT2D eigenvalue weighted by atomic mass is 32.2. The molecule has 0 aliphatic rings. The number of aromatic nitrogens is 1. The molecule has 0 spiro atoms. The van der Waals surface area contributed by atoms with Crippen LogP contribution in [0.2, 0.25) is 0 Å². The van der Waals surface area contributed by atoms with Gasteiger partial charge in [0, 0.05) is 19.7 Å². The van der Waals surface area contributed by atoms with E-state index in [1.165, 1.54) is 10.5 Å². The van der Waals surface area contributed by atoms with Gasteiger partial charge in [-0.15, -0.1) is 0 Å². The molecule has 0 aliphatic heterocycles. The largest absolute Gasteiger partial charge is 0.360 e. The minimum absolute atomic E-state index is 0.112. The lowest BCUT2D eigenvalue weighted by Gasteiger charge is -2.17. The van der Waals surface area contributed by atoms with Crippen LogP contribution in [0.25, 0.3) is 0 Å². The van der Waals surface area contributed by atoms with Crippen molar-refractivity contribution in [3.63, 3.8) is 0 Å². The first-order chi connectivity index (χ1) is 9.06. The molecule has 2 N–H and O–H groups in total. The first-order valence-corrected chi connectivity index (χ1v) is 7.81. The molecule has 0 fully saturated rings. The summed E-state index contributed by atoms with van der Waals surface area (Å²) in [5.74, 6) is 0.488. The molecule has 1 heterocycles. The van der Waals surface area contributed by atoms with E-state index >= 15 is 0 Å². The second-order valence-corrected chi connectivity index (χ2v) is 6.09. The van der Waals surface area contributed by atoms with Gasteiger partial charge < -0.3 is 9.84 Å². The van der Waals surface area contributed by atoms with Crippen LogP contribution in [0.5, 0.6) is 0 Å². The number of hydrogen-bond donors (Lipinski definition) is 2. The molecule has 8 heteroatoms. The normalized spacial score (nSPS) is 12.2. The van der Waals surface area contributed by atoms with E-state index in [9.17, 15) is 8.42 Å². The maximum atomic E-state index is 11.9. The Balaban J connectivity index is 2.27. The third-order valence-corrected chi connectivity index (χ3v) is 4.10. The van der Waals surface area contributed by atoms with E-state index in [4.69, 9.17) is 4.52 Å². The van der Waals surface area contributed by atoms with Gasteiger partial charge in [-0.3, -0.25) is 0 Å². The molecule has 110 valence electrons. The Morgan fingerprint density at radius 1 is 1.42 bits per heavy atom. The molecule has 1 aromatic heterocycles. The van der Waals surface area contributed by atoms with E-state index in [-0.39, 0.29) is 6.54 Å². The Bertz CT molecular complexity index is 433. The summed E-state index contributed by atoms with van der Waals surface area (Å²) in [7, 11) is -1.90. The van der Waals surface area contributed by atoms with Crippen LogP contribution in [-0.4, -0.2) is 44.6 Å². The van der Waals surface area contributed by atoms with Crippen molar-refractivity contribution in [1.29, 1.82) is 0 Å². The summed E-state index contributed by atoms with van der Waals surface area (Å²) in [4.78, 5) is 0. The summed E-state index contributed by atoms with van der Waals surface area (Å²) in [6, 6.07) is 1.62. The number of nitrogens with zero attached hydrogens (tertiary/aromatic N) is 2. The molecular weight excluding hydrogens is 268 g/mol. The van der Waals surface area contributed by atoms with Gasteiger partial charge in [0.05, 0.1) is 12.7 Å². The Morgan fingerprint density at radius 2 is 2.21 bits per heavy atom. The average Bonchev–Trinajstić information content (AvgIpc) is 2.89. The van der Waals surface area contributed by atoms with Gasteiger partial charge in [0.2, 0.25) is 0 Å². The van der Waals surface area contributed by atoms with E-state index in [1.807, 2.05) is 0 Å². The summed E-state index contributed by atoms with van der Waals surface area (Å²) >= 11 is 0. The molecule has 1 aromatic rings. The second-order valence-electron chi connectivity index (χ2n) is 4.23. The zero-order valence-corrected chi connectivity index (χ0v) is 12.2. The maximum Gasteiger partial charge on any atom is 0.279 e. The van der Waals surface area contributed by atoms with Crippen LogP contribution in [0.4, 0.5) is 0 Å². The van der Waals surface area contributed by atoms with Gasteiger partial charge in [-0.2, -0.15) is 17.4 Å². The Kier molecular flexibility index (Phi) is 7.00. The van der Waals surface area contributed by atoms with Crippen molar-refractivity contribution in [2.75, 3.05) is 26.7 Å². The van der Waals surface area contributed by atoms with Crippen molar-refractivity contribution >= 4 is 10.2 Å². The third-order valence-electron chi connectivity index (χ3n) is 2.58. The standard InChI is InChI=1S/C11H22N4O3S/c1-3-6-12-7-4-9-15(2)19(16,17)14-10-11-5-8-13-18-11/h5,8,12,14H,3-4,6-7,9-10H2,1-2H3. The van der Waals surface area contributed by atoms with Crippen LogP contribution in [0.1, 0.15) is 25.5 Å². The number of nitrogens with one attached hydrogen (secondary N) is 2. The van der Waals surface area contributed by atoms with Crippen LogP contribution in [0.15, 0.2) is 16.8 Å². The average molecular weight is 290 g/mol. The van der Waals surface area contributed by atoms with Crippen molar-refractivity contribution in [1.82, 2.24) is 19.5 Å². The number of rotatable bonds is 10. The van der Waals surface area contributed by atoms with Crippen LogP contribution >= 0.6 is 0 Å². The van der Waals surface area contributed by atoms with Gasteiger partial charge >= 0.3 is 0 Å². The van der Waals surface area contributed by atoms with E-state index in [2.05, 4.69) is 22.1 Å². The van der Waals surface area contributed by atoms with Crippen molar-refractivity contribution in [2.24, 2.45) is 0 Å². The van der Waals surface area contributed by atoms with Crippen molar-refractivity contribution in [3.05, 3.63) is 18.0 Å². The molecule has 0 aromatic carbocycles. The minimum Gasteiger partial charge on any atom is -0.360 e. The van der Waals surface area contributed by atoms with E-state index in [0.717, 1.165) is 25.9 Å². The van der Waals surface area contributed by atoms with Crippen LogP contribution < -0.4 is 10.0 Å². The summed E-state index contributed by atoms with van der Waals surface area (Å²) in [6.45, 7) is 4.45. The van der Waals surface area contributed by atoms with Gasteiger partial charge in [0.1, 0.15) is 0 Å². The monoisotopic (exact) mass is 290 g/mol. The first kappa shape index (κ1) is 16.1. The SMILES string of the molecule is CCCNCCCN(C)S(=O)(=O)NCc1ccno1. The second kappa shape index (κ2) is 8.26. The molecule has 0 aliphatic carbocycles. The number of hydrogen-bond acceptors (Lipinski definition) is 5. The van der Waals surface area contributed by atoms with Gasteiger partial charge in [-0.25, -0.2) is 0 Å². The molecule has 0 radical (unpaired) electrons. The fraction of sp³-hybridized carbons (Fsp3) is 0.727. The molecule has 0 saturated carbocycles. The summed E-state index contributed by atoms with van der Waals surface area (Å²) < 4.78 is 32.3. The first-order valence-electron chi connectivity index (χ1n) is 6.37. The van der Waals surface area contributed by atoms with Crippen molar-refractivity contribution < 1.29 is 12.9 Å².